The number of hydrogen-bond acceptors (Lipinski definition) is 5. The van der Waals surface area contributed by atoms with Gasteiger partial charge in [-0.2, -0.15) is 5.10 Å². The van der Waals surface area contributed by atoms with Crippen LogP contribution >= 0.6 is 0 Å². The minimum atomic E-state index is -0.327. The van der Waals surface area contributed by atoms with Gasteiger partial charge in [-0.05, 0) is 55.2 Å². The van der Waals surface area contributed by atoms with Crippen molar-refractivity contribution in [2.75, 3.05) is 6.54 Å². The molecule has 3 fully saturated rings. The highest BCUT2D eigenvalue weighted by atomic mass is 19.1. The smallest absolute Gasteiger partial charge is 0.123 e. The molecule has 4 N–H and O–H groups in total. The fourth-order valence-corrected chi connectivity index (χ4v) is 5.38. The molecule has 3 aromatic heterocycles. The summed E-state index contributed by atoms with van der Waals surface area (Å²) >= 11 is 0. The van der Waals surface area contributed by atoms with Crippen molar-refractivity contribution in [1.29, 1.82) is 0 Å². The number of fused-ring (bicyclic) bond motifs is 3. The van der Waals surface area contributed by atoms with Gasteiger partial charge in [-0.1, -0.05) is 6.07 Å². The number of pyridine rings is 1. The average Bonchev–Trinajstić information content (AvgIpc) is 3.51. The number of piperazine rings is 1. The summed E-state index contributed by atoms with van der Waals surface area (Å²) in [5.41, 5.74) is 5.55. The Morgan fingerprint density at radius 1 is 1.15 bits per heavy atom. The second-order valence-corrected chi connectivity index (χ2v) is 9.55. The van der Waals surface area contributed by atoms with Gasteiger partial charge in [0.05, 0.1) is 17.9 Å². The molecular formula is C26H27FN6O. The molecule has 3 saturated heterocycles. The molecule has 7 nitrogen and oxygen atoms in total. The number of benzene rings is 1. The molecule has 3 aliphatic heterocycles. The Kier molecular flexibility index (Phi) is 5.00. The topological polar surface area (TPSA) is 90.8 Å². The Balaban J connectivity index is 1.21. The third kappa shape index (κ3) is 3.78. The zero-order valence-corrected chi connectivity index (χ0v) is 18.9. The highest BCUT2D eigenvalue weighted by Gasteiger charge is 2.46. The summed E-state index contributed by atoms with van der Waals surface area (Å²) in [5.74, 6) is -0.187. The zero-order valence-electron chi connectivity index (χ0n) is 18.9. The van der Waals surface area contributed by atoms with E-state index in [1.807, 2.05) is 31.8 Å². The van der Waals surface area contributed by atoms with Crippen LogP contribution in [0.2, 0.25) is 0 Å². The lowest BCUT2D eigenvalue weighted by molar-refractivity contribution is 0.0992. The highest BCUT2D eigenvalue weighted by Crippen LogP contribution is 2.38. The van der Waals surface area contributed by atoms with Crippen molar-refractivity contribution in [2.24, 2.45) is 7.05 Å². The quantitative estimate of drug-likeness (QED) is 0.366. The Morgan fingerprint density at radius 3 is 2.79 bits per heavy atom. The summed E-state index contributed by atoms with van der Waals surface area (Å²) in [7, 11) is 1.90. The number of rotatable bonds is 5. The van der Waals surface area contributed by atoms with Crippen LogP contribution in [-0.2, 0) is 13.5 Å². The van der Waals surface area contributed by atoms with Crippen LogP contribution in [0.15, 0.2) is 61.2 Å². The van der Waals surface area contributed by atoms with Gasteiger partial charge in [0.2, 0.25) is 0 Å². The molecule has 4 aromatic rings. The van der Waals surface area contributed by atoms with Crippen molar-refractivity contribution in [1.82, 2.24) is 30.4 Å². The Hall–Kier alpha value is -3.49. The van der Waals surface area contributed by atoms with E-state index in [9.17, 15) is 9.50 Å². The number of aryl methyl sites for hydroxylation is 1. The normalized spacial score (nSPS) is 23.9. The molecule has 3 atom stereocenters. The summed E-state index contributed by atoms with van der Waals surface area (Å²) in [6, 6.07) is 10.8. The highest BCUT2D eigenvalue weighted by molar-refractivity contribution is 5.70. The molecule has 3 unspecified atom stereocenters. The second-order valence-electron chi connectivity index (χ2n) is 9.55. The third-order valence-corrected chi connectivity index (χ3v) is 7.21. The van der Waals surface area contributed by atoms with Gasteiger partial charge in [0.1, 0.15) is 11.6 Å². The first-order valence-electron chi connectivity index (χ1n) is 11.6. The van der Waals surface area contributed by atoms with E-state index < -0.39 is 0 Å². The molecule has 3 aliphatic rings. The Labute approximate surface area is 197 Å². The van der Waals surface area contributed by atoms with Gasteiger partial charge in [0.25, 0.3) is 0 Å². The van der Waals surface area contributed by atoms with Crippen molar-refractivity contribution < 1.29 is 9.50 Å². The van der Waals surface area contributed by atoms with Crippen LogP contribution in [0.5, 0.6) is 5.75 Å². The molecule has 0 spiro atoms. The summed E-state index contributed by atoms with van der Waals surface area (Å²) < 4.78 is 15.6. The summed E-state index contributed by atoms with van der Waals surface area (Å²) in [4.78, 5) is 8.13. The van der Waals surface area contributed by atoms with E-state index in [1.54, 1.807) is 4.68 Å². The van der Waals surface area contributed by atoms with Crippen LogP contribution in [-0.4, -0.2) is 43.0 Å². The molecule has 34 heavy (non-hydrogen) atoms. The van der Waals surface area contributed by atoms with Gasteiger partial charge < -0.3 is 20.7 Å². The fraction of sp³-hybridized carbons (Fsp3) is 0.308. The second kappa shape index (κ2) is 8.07. The summed E-state index contributed by atoms with van der Waals surface area (Å²) in [5, 5.41) is 21.9. The molecule has 0 aliphatic carbocycles. The number of nitrogens with zero attached hydrogens (tertiary/aromatic N) is 3. The minimum absolute atomic E-state index is 0.0597. The first-order valence-corrected chi connectivity index (χ1v) is 11.6. The van der Waals surface area contributed by atoms with Gasteiger partial charge in [0, 0.05) is 66.1 Å². The summed E-state index contributed by atoms with van der Waals surface area (Å²) in [6.45, 7) is 0.780. The van der Waals surface area contributed by atoms with E-state index in [4.69, 9.17) is 4.98 Å². The van der Waals surface area contributed by atoms with E-state index >= 15 is 0 Å². The number of nitrogens with one attached hydrogen (secondary N) is 3. The van der Waals surface area contributed by atoms with Crippen molar-refractivity contribution in [3.8, 4) is 28.1 Å². The lowest BCUT2D eigenvalue weighted by Crippen LogP contribution is -2.69. The predicted molar refractivity (Wildman–Crippen MR) is 128 cm³/mol. The monoisotopic (exact) mass is 458 g/mol. The number of phenolic OH excluding ortho intramolecular Hbond substituents is 1. The summed E-state index contributed by atoms with van der Waals surface area (Å²) in [6.07, 6.45) is 10.3. The molecule has 8 heteroatoms. The van der Waals surface area contributed by atoms with Gasteiger partial charge in [-0.25, -0.2) is 4.39 Å². The van der Waals surface area contributed by atoms with Crippen LogP contribution in [0.1, 0.15) is 30.1 Å². The Morgan fingerprint density at radius 2 is 2.06 bits per heavy atom. The maximum atomic E-state index is 13.8. The number of aromatic amines is 1. The maximum Gasteiger partial charge on any atom is 0.123 e. The molecule has 6 heterocycles. The first kappa shape index (κ1) is 21.1. The van der Waals surface area contributed by atoms with Crippen molar-refractivity contribution in [3.63, 3.8) is 0 Å². The number of hydrogen-bond donors (Lipinski definition) is 4. The van der Waals surface area contributed by atoms with E-state index in [2.05, 4.69) is 38.9 Å². The van der Waals surface area contributed by atoms with Crippen molar-refractivity contribution in [3.05, 3.63) is 78.3 Å². The average molecular weight is 459 g/mol. The molecule has 7 rings (SSSR count). The maximum absolute atomic E-state index is 13.8. The van der Waals surface area contributed by atoms with Crippen LogP contribution in [0, 0.1) is 5.82 Å². The fourth-order valence-electron chi connectivity index (χ4n) is 5.38. The lowest BCUT2D eigenvalue weighted by atomic mass is 9.74. The zero-order chi connectivity index (χ0) is 23.3. The van der Waals surface area contributed by atoms with Crippen molar-refractivity contribution >= 4 is 0 Å². The molecule has 174 valence electrons. The molecule has 1 aromatic carbocycles. The van der Waals surface area contributed by atoms with Crippen LogP contribution in [0.25, 0.3) is 22.4 Å². The van der Waals surface area contributed by atoms with Gasteiger partial charge in [-0.3, -0.25) is 9.67 Å². The van der Waals surface area contributed by atoms with Crippen LogP contribution < -0.4 is 10.6 Å². The lowest BCUT2D eigenvalue weighted by Gasteiger charge is -2.52. The minimum Gasteiger partial charge on any atom is -0.508 e. The van der Waals surface area contributed by atoms with Gasteiger partial charge >= 0.3 is 0 Å². The first-order chi connectivity index (χ1) is 16.5. The molecule has 0 amide bonds. The number of H-pyrrole nitrogens is 1. The van der Waals surface area contributed by atoms with Crippen molar-refractivity contribution in [2.45, 2.75) is 36.9 Å². The van der Waals surface area contributed by atoms with E-state index in [-0.39, 0.29) is 23.1 Å². The SMILES string of the molecule is Cn1cc(-c2cc(-c3ccc(C4NC5(Cc6cc(F)ccc6O)CCC4NC5)nc3)c[nH]2)cn1. The Bertz CT molecular complexity index is 1320. The molecule has 0 saturated carbocycles. The third-order valence-electron chi connectivity index (χ3n) is 7.21. The van der Waals surface area contributed by atoms with Gasteiger partial charge in [-0.15, -0.1) is 0 Å². The number of aromatic nitrogens is 4. The van der Waals surface area contributed by atoms with E-state index in [0.717, 1.165) is 47.5 Å². The number of piperidine rings is 2. The molecule has 0 radical (unpaired) electrons. The van der Waals surface area contributed by atoms with Crippen LogP contribution in [0.3, 0.4) is 0 Å². The number of phenols is 1. The predicted octanol–water partition coefficient (Wildman–Crippen LogP) is 3.70. The number of aromatic hydroxyl groups is 1. The van der Waals surface area contributed by atoms with Gasteiger partial charge in [0.15, 0.2) is 0 Å². The van der Waals surface area contributed by atoms with Crippen LogP contribution in [0.4, 0.5) is 4.39 Å². The molecule has 2 bridgehead atoms. The number of halogens is 1. The standard InChI is InChI=1S/C26H27FN6O/c1-33-14-19(13-31-33)23-9-18(12-29-23)16-2-4-21(28-11-16)25-22-6-7-26(32-25,15-30-22)10-17-8-20(27)3-5-24(17)34/h2-5,8-9,11-14,22,25,29-30,32,34H,6-7,10,15H2,1H3. The van der Waals surface area contributed by atoms with E-state index in [1.165, 1.54) is 18.2 Å². The van der Waals surface area contributed by atoms with E-state index in [0.29, 0.717) is 18.0 Å². The molecular weight excluding hydrogens is 431 g/mol. The largest absolute Gasteiger partial charge is 0.508 e.